The summed E-state index contributed by atoms with van der Waals surface area (Å²) in [5.41, 5.74) is 2.18. The zero-order chi connectivity index (χ0) is 27.9. The molecule has 10 heteroatoms. The first-order valence-corrected chi connectivity index (χ1v) is 12.9. The number of benzene rings is 3. The van der Waals surface area contributed by atoms with Crippen LogP contribution in [0.3, 0.4) is 0 Å². The van der Waals surface area contributed by atoms with Gasteiger partial charge in [-0.05, 0) is 82.5 Å². The molecule has 4 aromatic rings. The van der Waals surface area contributed by atoms with Crippen LogP contribution in [-0.4, -0.2) is 36.4 Å². The van der Waals surface area contributed by atoms with Crippen molar-refractivity contribution in [2.45, 2.75) is 26.2 Å². The van der Waals surface area contributed by atoms with Gasteiger partial charge in [0.1, 0.15) is 11.8 Å². The van der Waals surface area contributed by atoms with Crippen LogP contribution in [0, 0.1) is 0 Å². The number of rotatable bonds is 7. The van der Waals surface area contributed by atoms with Crippen molar-refractivity contribution in [3.05, 3.63) is 101 Å². The summed E-state index contributed by atoms with van der Waals surface area (Å²) in [5.74, 6) is -0.345. The Morgan fingerprint density at radius 1 is 0.897 bits per heavy atom. The maximum Gasteiger partial charge on any atom is 0.415 e. The Balaban J connectivity index is 1.29. The average Bonchev–Trinajstić information content (AvgIpc) is 2.93. The van der Waals surface area contributed by atoms with Crippen LogP contribution in [0.2, 0.25) is 0 Å². The minimum absolute atomic E-state index is 0.292. The third-order valence-electron chi connectivity index (χ3n) is 5.89. The zero-order valence-electron chi connectivity index (χ0n) is 21.6. The van der Waals surface area contributed by atoms with Crippen molar-refractivity contribution >= 4 is 56.2 Å². The van der Waals surface area contributed by atoms with Gasteiger partial charge >= 0.3 is 12.2 Å². The quantitative estimate of drug-likeness (QED) is 0.233. The van der Waals surface area contributed by atoms with Gasteiger partial charge in [-0.2, -0.15) is 0 Å². The van der Waals surface area contributed by atoms with Crippen molar-refractivity contribution in [2.75, 3.05) is 17.3 Å². The van der Waals surface area contributed by atoms with E-state index in [9.17, 15) is 14.4 Å². The summed E-state index contributed by atoms with van der Waals surface area (Å²) in [5, 5.41) is 7.35. The maximum atomic E-state index is 12.6. The van der Waals surface area contributed by atoms with Crippen molar-refractivity contribution in [2.24, 2.45) is 0 Å². The maximum absolute atomic E-state index is 12.6. The monoisotopic (exact) mass is 590 g/mol. The lowest BCUT2D eigenvalue weighted by atomic mass is 10.1. The number of alkyl carbamates (subject to hydrolysis) is 1. The Morgan fingerprint density at radius 3 is 2.36 bits per heavy atom. The van der Waals surface area contributed by atoms with E-state index in [-0.39, 0.29) is 5.91 Å². The number of carbonyl (C=O) groups is 3. The van der Waals surface area contributed by atoms with Crippen molar-refractivity contribution in [1.29, 1.82) is 0 Å². The van der Waals surface area contributed by atoms with Gasteiger partial charge in [-0.3, -0.25) is 20.0 Å². The number of fused-ring (bicyclic) bond motifs is 1. The van der Waals surface area contributed by atoms with Crippen LogP contribution in [-0.2, 0) is 9.47 Å². The summed E-state index contributed by atoms with van der Waals surface area (Å²) in [6.45, 7) is 3.24. The topological polar surface area (TPSA) is 110 Å². The van der Waals surface area contributed by atoms with E-state index in [4.69, 9.17) is 9.47 Å². The highest BCUT2D eigenvalue weighted by molar-refractivity contribution is 9.10. The largest absolute Gasteiger partial charge is 0.442 e. The molecule has 39 heavy (non-hydrogen) atoms. The number of halogens is 1. The number of hydrogen-bond acceptors (Lipinski definition) is 6. The molecule has 0 fully saturated rings. The van der Waals surface area contributed by atoms with Gasteiger partial charge in [0.05, 0.1) is 5.69 Å². The molecule has 0 aliphatic carbocycles. The summed E-state index contributed by atoms with van der Waals surface area (Å²) < 4.78 is 11.4. The Kier molecular flexibility index (Phi) is 8.77. The molecule has 3 aromatic carbocycles. The van der Waals surface area contributed by atoms with Gasteiger partial charge in [0.15, 0.2) is 6.23 Å². The van der Waals surface area contributed by atoms with Crippen LogP contribution in [0.1, 0.15) is 36.0 Å². The van der Waals surface area contributed by atoms with E-state index >= 15 is 0 Å². The molecule has 0 radical (unpaired) electrons. The third-order valence-corrected chi connectivity index (χ3v) is 6.54. The zero-order valence-corrected chi connectivity index (χ0v) is 23.1. The van der Waals surface area contributed by atoms with Gasteiger partial charge in [-0.15, -0.1) is 0 Å². The molecule has 0 aliphatic heterocycles. The number of nitrogens with zero attached hydrogens (tertiary/aromatic N) is 2. The molecular formula is C29H27BrN4O5. The Labute approximate surface area is 234 Å². The summed E-state index contributed by atoms with van der Waals surface area (Å²) in [6, 6.07) is 23.7. The fourth-order valence-electron chi connectivity index (χ4n) is 3.75. The fourth-order valence-corrected chi connectivity index (χ4v) is 4.24. The first kappa shape index (κ1) is 27.6. The summed E-state index contributed by atoms with van der Waals surface area (Å²) in [6.07, 6.45) is -1.39. The van der Waals surface area contributed by atoms with Crippen LogP contribution in [0.25, 0.3) is 10.8 Å². The first-order chi connectivity index (χ1) is 18.7. The smallest absolute Gasteiger partial charge is 0.415 e. The van der Waals surface area contributed by atoms with E-state index in [0.717, 1.165) is 10.8 Å². The molecule has 0 spiro atoms. The lowest BCUT2D eigenvalue weighted by Gasteiger charge is -2.22. The number of anilines is 2. The molecule has 1 aromatic heterocycles. The van der Waals surface area contributed by atoms with Crippen LogP contribution >= 0.6 is 15.9 Å². The fraction of sp³-hybridized carbons (Fsp3) is 0.172. The van der Waals surface area contributed by atoms with Crippen LogP contribution in [0.15, 0.2) is 89.5 Å². The van der Waals surface area contributed by atoms with Crippen LogP contribution in [0.4, 0.5) is 21.0 Å². The van der Waals surface area contributed by atoms with Crippen LogP contribution < -0.4 is 15.5 Å². The lowest BCUT2D eigenvalue weighted by Crippen LogP contribution is -2.40. The lowest BCUT2D eigenvalue weighted by molar-refractivity contribution is 0.0671. The molecule has 9 nitrogen and oxygen atoms in total. The highest BCUT2D eigenvalue weighted by atomic mass is 79.9. The predicted octanol–water partition coefficient (Wildman–Crippen LogP) is 6.66. The van der Waals surface area contributed by atoms with E-state index in [2.05, 4.69) is 31.5 Å². The molecule has 2 atom stereocenters. The highest BCUT2D eigenvalue weighted by Crippen LogP contribution is 2.28. The van der Waals surface area contributed by atoms with Gasteiger partial charge in [0, 0.05) is 23.4 Å². The van der Waals surface area contributed by atoms with Gasteiger partial charge < -0.3 is 14.8 Å². The van der Waals surface area contributed by atoms with Crippen molar-refractivity contribution in [3.8, 4) is 0 Å². The molecule has 1 heterocycles. The minimum atomic E-state index is -0.934. The standard InChI is InChI=1S/C29H27BrN4O5/c1-18(21-12-14-25(24(30)17-21)33-27(35)26-10-6-7-15-31-26)38-28(36)32-19(2)39-29(37)34(3)23-13-11-20-8-4-5-9-22(20)16-23/h4-19H,1-3H3,(H,32,36)(H,33,35). The number of hydrogen-bond donors (Lipinski definition) is 2. The van der Waals surface area contributed by atoms with Gasteiger partial charge in [0.2, 0.25) is 0 Å². The normalized spacial score (nSPS) is 12.2. The molecular weight excluding hydrogens is 564 g/mol. The van der Waals surface area contributed by atoms with Crippen LogP contribution in [0.5, 0.6) is 0 Å². The van der Waals surface area contributed by atoms with Crippen molar-refractivity contribution in [1.82, 2.24) is 10.3 Å². The molecule has 3 amide bonds. The van der Waals surface area contributed by atoms with Gasteiger partial charge in [-0.1, -0.05) is 42.5 Å². The van der Waals surface area contributed by atoms with E-state index in [1.54, 1.807) is 56.6 Å². The summed E-state index contributed by atoms with van der Waals surface area (Å²) in [7, 11) is 1.60. The van der Waals surface area contributed by atoms with Gasteiger partial charge in [0.25, 0.3) is 5.91 Å². The second kappa shape index (κ2) is 12.4. The minimum Gasteiger partial charge on any atom is -0.442 e. The average molecular weight is 591 g/mol. The summed E-state index contributed by atoms with van der Waals surface area (Å²) >= 11 is 3.44. The molecule has 4 rings (SSSR count). The second-order valence-electron chi connectivity index (χ2n) is 8.72. The number of ether oxygens (including phenoxy) is 2. The molecule has 0 aliphatic rings. The molecule has 200 valence electrons. The SMILES string of the molecule is CC(NC(=O)OC(C)c1ccc(NC(=O)c2ccccn2)c(Br)c1)OC(=O)N(C)c1ccc2ccccc2c1. The Hall–Kier alpha value is -4.44. The number of pyridine rings is 1. The number of nitrogens with one attached hydrogen (secondary N) is 2. The van der Waals surface area contributed by atoms with Crippen molar-refractivity contribution < 1.29 is 23.9 Å². The predicted molar refractivity (Wildman–Crippen MR) is 153 cm³/mol. The van der Waals surface area contributed by atoms with E-state index < -0.39 is 24.5 Å². The number of amides is 3. The van der Waals surface area contributed by atoms with Gasteiger partial charge in [-0.25, -0.2) is 9.59 Å². The molecule has 2 N–H and O–H groups in total. The van der Waals surface area contributed by atoms with E-state index in [0.29, 0.717) is 27.1 Å². The molecule has 0 saturated heterocycles. The number of aromatic nitrogens is 1. The molecule has 0 bridgehead atoms. The molecule has 0 saturated carbocycles. The Morgan fingerprint density at radius 2 is 1.64 bits per heavy atom. The highest BCUT2D eigenvalue weighted by Gasteiger charge is 2.20. The second-order valence-corrected chi connectivity index (χ2v) is 9.57. The first-order valence-electron chi connectivity index (χ1n) is 12.1. The Bertz CT molecular complexity index is 1500. The van der Waals surface area contributed by atoms with E-state index in [1.165, 1.54) is 11.8 Å². The third kappa shape index (κ3) is 7.11. The summed E-state index contributed by atoms with van der Waals surface area (Å²) in [4.78, 5) is 42.8. The molecule has 2 unspecified atom stereocenters. The number of carbonyl (C=O) groups excluding carboxylic acids is 3. The van der Waals surface area contributed by atoms with E-state index in [1.807, 2.05) is 42.5 Å². The van der Waals surface area contributed by atoms with Crippen molar-refractivity contribution in [3.63, 3.8) is 0 Å².